The van der Waals surface area contributed by atoms with Crippen LogP contribution in [0.15, 0.2) is 91.0 Å². The van der Waals surface area contributed by atoms with Gasteiger partial charge < -0.3 is 4.57 Å². The van der Waals surface area contributed by atoms with Crippen LogP contribution in [0.5, 0.6) is 0 Å². The van der Waals surface area contributed by atoms with Crippen molar-refractivity contribution in [3.8, 4) is 11.3 Å². The lowest BCUT2D eigenvalue weighted by molar-refractivity contribution is 0.0403. The van der Waals surface area contributed by atoms with E-state index in [2.05, 4.69) is 128 Å². The zero-order valence-electron chi connectivity index (χ0n) is 21.3. The summed E-state index contributed by atoms with van der Waals surface area (Å²) in [6, 6.07) is 33.8. The lowest BCUT2D eigenvalue weighted by Crippen LogP contribution is -2.48. The molecule has 2 bridgehead atoms. The van der Waals surface area contributed by atoms with E-state index >= 15 is 0 Å². The summed E-state index contributed by atoms with van der Waals surface area (Å²) in [5.41, 5.74) is 5.84. The molecule has 2 heteroatoms. The molecule has 1 aliphatic carbocycles. The summed E-state index contributed by atoms with van der Waals surface area (Å²) >= 11 is 0. The molecule has 0 radical (unpaired) electrons. The molecule has 4 aromatic carbocycles. The topological polar surface area (TPSA) is 8.17 Å². The number of rotatable bonds is 2. The Hall–Kier alpha value is -3.62. The first-order chi connectivity index (χ1) is 17.5. The summed E-state index contributed by atoms with van der Waals surface area (Å²) in [5.74, 6) is 0. The van der Waals surface area contributed by atoms with Gasteiger partial charge in [-0.15, -0.1) is 0 Å². The van der Waals surface area contributed by atoms with Crippen LogP contribution >= 0.6 is 0 Å². The third-order valence-corrected chi connectivity index (χ3v) is 8.49. The van der Waals surface area contributed by atoms with Crippen molar-refractivity contribution in [3.05, 3.63) is 107 Å². The average molecular weight is 469 g/mol. The van der Waals surface area contributed by atoms with Gasteiger partial charge >= 0.3 is 0 Å². The molecular formula is C34H32N2. The zero-order chi connectivity index (χ0) is 24.4. The summed E-state index contributed by atoms with van der Waals surface area (Å²) in [7, 11) is 4.51. The predicted octanol–water partition coefficient (Wildman–Crippen LogP) is 6.51. The first-order valence-electron chi connectivity index (χ1n) is 13.1. The first kappa shape index (κ1) is 21.6. The van der Waals surface area contributed by atoms with Gasteiger partial charge in [-0.2, -0.15) is 0 Å². The van der Waals surface area contributed by atoms with Crippen molar-refractivity contribution < 1.29 is 0 Å². The fraction of sp³-hybridized carbons (Fsp3) is 0.235. The van der Waals surface area contributed by atoms with Gasteiger partial charge in [0.15, 0.2) is 0 Å². The van der Waals surface area contributed by atoms with E-state index in [0.717, 1.165) is 19.3 Å². The van der Waals surface area contributed by atoms with Crippen molar-refractivity contribution in [1.82, 2.24) is 9.47 Å². The Kier molecular flexibility index (Phi) is 4.78. The van der Waals surface area contributed by atoms with Crippen molar-refractivity contribution in [2.24, 2.45) is 5.41 Å². The number of aromatic nitrogens is 1. The molecule has 5 aromatic rings. The molecule has 0 N–H and O–H groups in total. The largest absolute Gasteiger partial charge is 0.327 e. The SMILES string of the molecule is CN(C)[C@@H]1n2c(ccc2-c2c3ccccc3cc3ccccc23)C/C=c2\ccccc2=C2CC1(C)C2. The zero-order valence-corrected chi connectivity index (χ0v) is 21.3. The minimum Gasteiger partial charge on any atom is -0.327 e. The molecule has 0 saturated heterocycles. The highest BCUT2D eigenvalue weighted by molar-refractivity contribution is 6.12. The van der Waals surface area contributed by atoms with Gasteiger partial charge in [-0.25, -0.2) is 0 Å². The maximum Gasteiger partial charge on any atom is 0.0922 e. The van der Waals surface area contributed by atoms with Crippen LogP contribution in [0.3, 0.4) is 0 Å². The quantitative estimate of drug-likeness (QED) is 0.268. The van der Waals surface area contributed by atoms with Crippen LogP contribution in [0.4, 0.5) is 0 Å². The second-order valence-electron chi connectivity index (χ2n) is 11.2. The fourth-order valence-electron chi connectivity index (χ4n) is 7.11. The van der Waals surface area contributed by atoms with Crippen LogP contribution < -0.4 is 10.4 Å². The summed E-state index contributed by atoms with van der Waals surface area (Å²) in [6.45, 7) is 2.49. The molecule has 36 heavy (non-hydrogen) atoms. The van der Waals surface area contributed by atoms with Crippen LogP contribution in [-0.2, 0) is 6.42 Å². The second-order valence-corrected chi connectivity index (χ2v) is 11.2. The molecule has 3 heterocycles. The summed E-state index contributed by atoms with van der Waals surface area (Å²) in [4.78, 5) is 2.45. The lowest BCUT2D eigenvalue weighted by atomic mass is 9.63. The van der Waals surface area contributed by atoms with E-state index < -0.39 is 0 Å². The van der Waals surface area contributed by atoms with Crippen LogP contribution in [-0.4, -0.2) is 23.6 Å². The van der Waals surface area contributed by atoms with E-state index in [0.29, 0.717) is 0 Å². The van der Waals surface area contributed by atoms with Crippen LogP contribution in [0.2, 0.25) is 0 Å². The maximum atomic E-state index is 2.68. The smallest absolute Gasteiger partial charge is 0.0922 e. The van der Waals surface area contributed by atoms with E-state index in [1.54, 1.807) is 5.57 Å². The molecule has 178 valence electrons. The minimum absolute atomic E-state index is 0.173. The van der Waals surface area contributed by atoms with Crippen LogP contribution in [0.1, 0.15) is 31.6 Å². The van der Waals surface area contributed by atoms with E-state index in [4.69, 9.17) is 0 Å². The second kappa shape index (κ2) is 7.94. The van der Waals surface area contributed by atoms with E-state index in [1.165, 1.54) is 48.9 Å². The predicted molar refractivity (Wildman–Crippen MR) is 152 cm³/mol. The Morgan fingerprint density at radius 1 is 0.778 bits per heavy atom. The van der Waals surface area contributed by atoms with Crippen molar-refractivity contribution >= 4 is 33.2 Å². The Balaban J connectivity index is 1.57. The molecular weight excluding hydrogens is 436 g/mol. The summed E-state index contributed by atoms with van der Waals surface area (Å²) in [5, 5.41) is 8.08. The van der Waals surface area contributed by atoms with Crippen molar-refractivity contribution in [1.29, 1.82) is 0 Å². The molecule has 0 amide bonds. The summed E-state index contributed by atoms with van der Waals surface area (Å²) < 4.78 is 2.68. The average Bonchev–Trinajstić information content (AvgIpc) is 3.27. The molecule has 1 fully saturated rings. The van der Waals surface area contributed by atoms with Crippen molar-refractivity contribution in [2.75, 3.05) is 14.1 Å². The minimum atomic E-state index is 0.173. The highest BCUT2D eigenvalue weighted by atomic mass is 15.3. The van der Waals surface area contributed by atoms with Gasteiger partial charge in [0.1, 0.15) is 0 Å². The van der Waals surface area contributed by atoms with Crippen molar-refractivity contribution in [3.63, 3.8) is 0 Å². The summed E-state index contributed by atoms with van der Waals surface area (Å²) in [6.07, 6.45) is 5.90. The van der Waals surface area contributed by atoms with E-state index in [1.807, 2.05) is 0 Å². The highest BCUT2D eigenvalue weighted by Crippen LogP contribution is 2.55. The highest BCUT2D eigenvalue weighted by Gasteiger charge is 2.46. The molecule has 8 rings (SSSR count). The molecule has 3 aliphatic rings. The monoisotopic (exact) mass is 468 g/mol. The van der Waals surface area contributed by atoms with E-state index in [-0.39, 0.29) is 11.6 Å². The molecule has 0 spiro atoms. The number of nitrogens with zero attached hydrogens (tertiary/aromatic N) is 2. The maximum absolute atomic E-state index is 2.68. The lowest BCUT2D eigenvalue weighted by Gasteiger charge is -2.51. The Bertz CT molecular complexity index is 1710. The molecule has 1 aromatic heterocycles. The molecule has 2 nitrogen and oxygen atoms in total. The molecule has 0 unspecified atom stereocenters. The molecule has 1 saturated carbocycles. The normalized spacial score (nSPS) is 22.1. The fourth-order valence-corrected chi connectivity index (χ4v) is 7.11. The standard InChI is InChI=1S/C34H32N2/c1-34-21-26(22-34)28-13-7-4-10-23(28)16-17-27-18-19-31(36(27)33(34)35(2)3)32-29-14-8-5-11-24(29)20-25-12-6-9-15-30(25)32/h4-16,18-20,33H,17,21-22H2,1-3H3/b23-16+,28-26?/t33-,34?/m1/s1. The van der Waals surface area contributed by atoms with Gasteiger partial charge in [0.25, 0.3) is 0 Å². The van der Waals surface area contributed by atoms with Gasteiger partial charge in [0, 0.05) is 23.1 Å². The Morgan fingerprint density at radius 3 is 2.11 bits per heavy atom. The van der Waals surface area contributed by atoms with Crippen LogP contribution in [0.25, 0.3) is 44.5 Å². The Labute approximate surface area is 212 Å². The van der Waals surface area contributed by atoms with Crippen LogP contribution in [0, 0.1) is 5.41 Å². The third kappa shape index (κ3) is 3.14. The Morgan fingerprint density at radius 2 is 1.42 bits per heavy atom. The number of hydrogen-bond donors (Lipinski definition) is 0. The number of fused-ring (bicyclic) bond motifs is 3. The van der Waals surface area contributed by atoms with Crippen molar-refractivity contribution in [2.45, 2.75) is 32.4 Å². The third-order valence-electron chi connectivity index (χ3n) is 8.49. The van der Waals surface area contributed by atoms with Gasteiger partial charge in [-0.1, -0.05) is 91.4 Å². The number of hydrogen-bond acceptors (Lipinski definition) is 1. The molecule has 1 atom stereocenters. The van der Waals surface area contributed by atoms with Gasteiger partial charge in [-0.05, 0) is 77.1 Å². The number of benzene rings is 4. The first-order valence-corrected chi connectivity index (χ1v) is 13.1. The van der Waals surface area contributed by atoms with Gasteiger partial charge in [0.2, 0.25) is 0 Å². The molecule has 2 aliphatic heterocycles. The van der Waals surface area contributed by atoms with Gasteiger partial charge in [-0.3, -0.25) is 4.90 Å². The van der Waals surface area contributed by atoms with E-state index in [9.17, 15) is 0 Å². The van der Waals surface area contributed by atoms with Gasteiger partial charge in [0.05, 0.1) is 11.9 Å².